The van der Waals surface area contributed by atoms with Crippen LogP contribution in [0.4, 0.5) is 19.0 Å². The molecule has 1 aliphatic heterocycles. The van der Waals surface area contributed by atoms with Crippen molar-refractivity contribution in [3.63, 3.8) is 0 Å². The quantitative estimate of drug-likeness (QED) is 0.271. The van der Waals surface area contributed by atoms with Crippen molar-refractivity contribution < 1.29 is 13.2 Å². The molecule has 0 spiro atoms. The minimum atomic E-state index is -0.660. The molecule has 3 aromatic carbocycles. The first-order chi connectivity index (χ1) is 19.4. The average Bonchev–Trinajstić information content (AvgIpc) is 3.41. The molecule has 10 heteroatoms. The van der Waals surface area contributed by atoms with Crippen molar-refractivity contribution in [3.8, 4) is 22.4 Å². The molecular weight excluding hydrogens is 537 g/mol. The van der Waals surface area contributed by atoms with Gasteiger partial charge in [-0.3, -0.25) is 5.10 Å². The summed E-state index contributed by atoms with van der Waals surface area (Å²) in [6.45, 7) is 1.88. The second-order valence-electron chi connectivity index (χ2n) is 10.5. The van der Waals surface area contributed by atoms with Gasteiger partial charge in [0.25, 0.3) is 0 Å². The van der Waals surface area contributed by atoms with Crippen LogP contribution in [0.3, 0.4) is 0 Å². The van der Waals surface area contributed by atoms with E-state index >= 15 is 0 Å². The Bertz CT molecular complexity index is 1750. The van der Waals surface area contributed by atoms with E-state index in [0.29, 0.717) is 69.0 Å². The highest BCUT2D eigenvalue weighted by molar-refractivity contribution is 6.33. The van der Waals surface area contributed by atoms with Crippen molar-refractivity contribution in [3.05, 3.63) is 94.9 Å². The van der Waals surface area contributed by atoms with E-state index in [2.05, 4.69) is 20.1 Å². The van der Waals surface area contributed by atoms with Crippen LogP contribution in [0.25, 0.3) is 33.5 Å². The molecule has 3 heterocycles. The molecule has 202 valence electrons. The standard InChI is InChI=1S/C30H24ClF3N6/c31-24-11-16(17-9-18(32)12-19(33)10-17)5-6-20(24)27-28-29(39-38-27)37-26(13-36-28)40-8-7-21-23(14-40)30(21,15-35)22-3-1-2-4-25(22)34/h1-6,9-13,21,23H,7-8,14-15,35H2,(H,37,38,39)/t21-,23+,30-/m1/s1. The Kier molecular flexibility index (Phi) is 5.83. The number of anilines is 1. The Morgan fingerprint density at radius 1 is 1.00 bits per heavy atom. The topological polar surface area (TPSA) is 83.7 Å². The maximum Gasteiger partial charge on any atom is 0.202 e. The zero-order chi connectivity index (χ0) is 27.6. The van der Waals surface area contributed by atoms with Crippen LogP contribution in [0.2, 0.25) is 5.02 Å². The molecule has 2 fully saturated rings. The van der Waals surface area contributed by atoms with Gasteiger partial charge in [-0.05, 0) is 59.2 Å². The van der Waals surface area contributed by atoms with Gasteiger partial charge in [0.15, 0.2) is 0 Å². The van der Waals surface area contributed by atoms with Gasteiger partial charge in [0.05, 0.1) is 16.9 Å². The molecule has 1 saturated heterocycles. The third kappa shape index (κ3) is 3.87. The Morgan fingerprint density at radius 3 is 2.55 bits per heavy atom. The van der Waals surface area contributed by atoms with Gasteiger partial charge in [-0.1, -0.05) is 41.9 Å². The smallest absolute Gasteiger partial charge is 0.202 e. The SMILES string of the molecule is NC[C@]1(c2ccccc2F)[C@@H]2CCN(c3cnc4c(-c5ccc(-c6cc(F)cc(F)c6)cc5Cl)[nH]nc4n3)C[C@@H]21. The van der Waals surface area contributed by atoms with Crippen LogP contribution in [0.15, 0.2) is 66.9 Å². The number of nitrogens with two attached hydrogens (primary N) is 1. The second kappa shape index (κ2) is 9.31. The zero-order valence-corrected chi connectivity index (χ0v) is 22.0. The fraction of sp³-hybridized carbons (Fsp3) is 0.233. The largest absolute Gasteiger partial charge is 0.355 e. The molecule has 0 radical (unpaired) electrons. The molecule has 0 bridgehead atoms. The number of hydrogen-bond acceptors (Lipinski definition) is 5. The molecule has 6 nitrogen and oxygen atoms in total. The van der Waals surface area contributed by atoms with E-state index in [9.17, 15) is 13.2 Å². The molecule has 2 aliphatic rings. The molecular formula is C30H24ClF3N6. The summed E-state index contributed by atoms with van der Waals surface area (Å²) in [4.78, 5) is 11.6. The lowest BCUT2D eigenvalue weighted by atomic mass is 9.91. The molecule has 1 aliphatic carbocycles. The number of aromatic nitrogens is 4. The summed E-state index contributed by atoms with van der Waals surface area (Å²) in [5, 5.41) is 7.74. The van der Waals surface area contributed by atoms with E-state index in [1.54, 1.807) is 30.5 Å². The summed E-state index contributed by atoms with van der Waals surface area (Å²) in [5.74, 6) is -0.244. The van der Waals surface area contributed by atoms with Crippen molar-refractivity contribution in [2.45, 2.75) is 11.8 Å². The number of H-pyrrole nitrogens is 1. The van der Waals surface area contributed by atoms with Gasteiger partial charge in [0, 0.05) is 36.7 Å². The van der Waals surface area contributed by atoms with E-state index < -0.39 is 11.6 Å². The van der Waals surface area contributed by atoms with E-state index in [-0.39, 0.29) is 17.2 Å². The predicted molar refractivity (Wildman–Crippen MR) is 148 cm³/mol. The van der Waals surface area contributed by atoms with Gasteiger partial charge in [0.1, 0.15) is 28.8 Å². The fourth-order valence-electron chi connectivity index (χ4n) is 6.58. The molecule has 3 atom stereocenters. The molecule has 5 aromatic rings. The number of nitrogens with zero attached hydrogens (tertiary/aromatic N) is 4. The van der Waals surface area contributed by atoms with Crippen molar-refractivity contribution >= 4 is 28.6 Å². The van der Waals surface area contributed by atoms with Crippen LogP contribution >= 0.6 is 11.6 Å². The minimum Gasteiger partial charge on any atom is -0.355 e. The summed E-state index contributed by atoms with van der Waals surface area (Å²) >= 11 is 6.60. The summed E-state index contributed by atoms with van der Waals surface area (Å²) in [6, 6.07) is 15.4. The lowest BCUT2D eigenvalue weighted by Crippen LogP contribution is -2.32. The van der Waals surface area contributed by atoms with Gasteiger partial charge in [-0.2, -0.15) is 5.10 Å². The highest BCUT2D eigenvalue weighted by Gasteiger charge is 2.66. The summed E-state index contributed by atoms with van der Waals surface area (Å²) in [5.41, 5.74) is 9.80. The van der Waals surface area contributed by atoms with Crippen LogP contribution in [0.5, 0.6) is 0 Å². The van der Waals surface area contributed by atoms with Crippen molar-refractivity contribution in [1.82, 2.24) is 20.2 Å². The predicted octanol–water partition coefficient (Wildman–Crippen LogP) is 6.11. The monoisotopic (exact) mass is 560 g/mol. The summed E-state index contributed by atoms with van der Waals surface area (Å²) < 4.78 is 42.1. The van der Waals surface area contributed by atoms with E-state index in [4.69, 9.17) is 22.3 Å². The number of nitrogens with one attached hydrogen (secondary N) is 1. The van der Waals surface area contributed by atoms with Gasteiger partial charge < -0.3 is 10.6 Å². The maximum absolute atomic E-state index is 14.7. The first-order valence-corrected chi connectivity index (χ1v) is 13.4. The second-order valence-corrected chi connectivity index (χ2v) is 10.9. The van der Waals surface area contributed by atoms with E-state index in [1.807, 2.05) is 12.1 Å². The molecule has 0 amide bonds. The maximum atomic E-state index is 14.7. The molecule has 2 aromatic heterocycles. The Morgan fingerprint density at radius 2 is 1.80 bits per heavy atom. The lowest BCUT2D eigenvalue weighted by molar-refractivity contribution is 0.533. The average molecular weight is 561 g/mol. The number of halogens is 4. The Balaban J connectivity index is 1.15. The highest BCUT2D eigenvalue weighted by Crippen LogP contribution is 2.63. The van der Waals surface area contributed by atoms with Crippen LogP contribution in [-0.2, 0) is 5.41 Å². The van der Waals surface area contributed by atoms with E-state index in [1.165, 1.54) is 18.2 Å². The molecule has 7 rings (SSSR count). The molecule has 3 N–H and O–H groups in total. The van der Waals surface area contributed by atoms with Crippen molar-refractivity contribution in [2.24, 2.45) is 17.6 Å². The van der Waals surface area contributed by atoms with Gasteiger partial charge in [-0.25, -0.2) is 23.1 Å². The molecule has 40 heavy (non-hydrogen) atoms. The Labute approximate surface area is 233 Å². The van der Waals surface area contributed by atoms with Crippen LogP contribution in [-0.4, -0.2) is 39.8 Å². The minimum absolute atomic E-state index is 0.200. The lowest BCUT2D eigenvalue weighted by Gasteiger charge is -2.26. The summed E-state index contributed by atoms with van der Waals surface area (Å²) in [7, 11) is 0. The number of rotatable bonds is 5. The van der Waals surface area contributed by atoms with Crippen LogP contribution < -0.4 is 10.6 Å². The highest BCUT2D eigenvalue weighted by atomic mass is 35.5. The van der Waals surface area contributed by atoms with E-state index in [0.717, 1.165) is 19.0 Å². The molecule has 1 saturated carbocycles. The third-order valence-corrected chi connectivity index (χ3v) is 8.86. The first-order valence-electron chi connectivity index (χ1n) is 13.1. The normalized spacial score (nSPS) is 22.0. The van der Waals surface area contributed by atoms with Crippen molar-refractivity contribution in [2.75, 3.05) is 24.5 Å². The zero-order valence-electron chi connectivity index (χ0n) is 21.2. The molecule has 0 unspecified atom stereocenters. The number of piperidine rings is 1. The first kappa shape index (κ1) is 25.0. The van der Waals surface area contributed by atoms with Crippen molar-refractivity contribution in [1.29, 1.82) is 0 Å². The van der Waals surface area contributed by atoms with Gasteiger partial charge >= 0.3 is 0 Å². The van der Waals surface area contributed by atoms with Gasteiger partial charge in [-0.15, -0.1) is 0 Å². The summed E-state index contributed by atoms with van der Waals surface area (Å²) in [6.07, 6.45) is 2.61. The van der Waals surface area contributed by atoms with Crippen LogP contribution in [0, 0.1) is 29.3 Å². The number of fused-ring (bicyclic) bond motifs is 2. The van der Waals surface area contributed by atoms with Gasteiger partial charge in [0.2, 0.25) is 5.65 Å². The third-order valence-electron chi connectivity index (χ3n) is 8.55. The number of aromatic amines is 1. The fourth-order valence-corrected chi connectivity index (χ4v) is 6.86. The number of benzene rings is 3. The Hall–Kier alpha value is -3.95. The number of hydrogen-bond donors (Lipinski definition) is 2. The van der Waals surface area contributed by atoms with Crippen LogP contribution in [0.1, 0.15) is 12.0 Å².